The van der Waals surface area contributed by atoms with Gasteiger partial charge < -0.3 is 18.7 Å². The Morgan fingerprint density at radius 2 is 1.90 bits per heavy atom. The first-order valence-corrected chi connectivity index (χ1v) is 10.6. The zero-order chi connectivity index (χ0) is 21.8. The molecule has 0 aliphatic carbocycles. The highest BCUT2D eigenvalue weighted by Crippen LogP contribution is 2.35. The Morgan fingerprint density at radius 3 is 2.65 bits per heavy atom. The highest BCUT2D eigenvalue weighted by molar-refractivity contribution is 7.98. The Hall–Kier alpha value is -3.45. The molecule has 0 fully saturated rings. The first-order chi connectivity index (χ1) is 15.0. The first-order valence-electron chi connectivity index (χ1n) is 9.63. The molecule has 2 aromatic carbocycles. The van der Waals surface area contributed by atoms with Crippen molar-refractivity contribution in [1.29, 1.82) is 0 Å². The van der Waals surface area contributed by atoms with Crippen molar-refractivity contribution in [2.24, 2.45) is 0 Å². The maximum Gasteiger partial charge on any atom is 0.306 e. The summed E-state index contributed by atoms with van der Waals surface area (Å²) in [7, 11) is 1.27. The molecule has 0 amide bonds. The monoisotopic (exact) mass is 436 g/mol. The highest BCUT2D eigenvalue weighted by atomic mass is 32.2. The summed E-state index contributed by atoms with van der Waals surface area (Å²) >= 11 is 1.51. The second-order valence-corrected chi connectivity index (χ2v) is 7.98. The Bertz CT molecular complexity index is 1260. The molecule has 0 spiro atoms. The van der Waals surface area contributed by atoms with Crippen molar-refractivity contribution in [2.45, 2.75) is 23.0 Å². The second-order valence-electron chi connectivity index (χ2n) is 6.94. The van der Waals surface area contributed by atoms with Crippen molar-refractivity contribution >= 4 is 28.5 Å². The zero-order valence-electron chi connectivity index (χ0n) is 16.7. The fourth-order valence-corrected chi connectivity index (χ4v) is 4.16. The van der Waals surface area contributed by atoms with E-state index in [1.165, 1.54) is 31.2 Å². The molecule has 7 heteroatoms. The molecular formula is C24H20O6S. The van der Waals surface area contributed by atoms with Gasteiger partial charge in [0.1, 0.15) is 11.5 Å². The molecule has 4 aromatic rings. The maximum atomic E-state index is 12.4. The van der Waals surface area contributed by atoms with E-state index in [4.69, 9.17) is 13.6 Å². The first kappa shape index (κ1) is 20.8. The third kappa shape index (κ3) is 4.67. The molecule has 0 aliphatic rings. The molecule has 0 saturated heterocycles. The van der Waals surface area contributed by atoms with Crippen LogP contribution in [0.5, 0.6) is 5.75 Å². The van der Waals surface area contributed by atoms with Gasteiger partial charge in [-0.15, -0.1) is 11.8 Å². The van der Waals surface area contributed by atoms with Crippen LogP contribution in [-0.4, -0.2) is 18.2 Å². The Kier molecular flexibility index (Phi) is 6.13. The van der Waals surface area contributed by atoms with Crippen molar-refractivity contribution in [3.8, 4) is 5.75 Å². The van der Waals surface area contributed by atoms with Crippen LogP contribution in [0.3, 0.4) is 0 Å². The number of methoxy groups -OCH3 is 1. The summed E-state index contributed by atoms with van der Waals surface area (Å²) < 4.78 is 16.1. The van der Waals surface area contributed by atoms with Crippen LogP contribution < -0.4 is 5.43 Å². The molecule has 0 unspecified atom stereocenters. The summed E-state index contributed by atoms with van der Waals surface area (Å²) in [6.07, 6.45) is 1.32. The minimum absolute atomic E-state index is 0.0121. The molecule has 0 saturated carbocycles. The van der Waals surface area contributed by atoms with E-state index in [0.29, 0.717) is 17.3 Å². The quantitative estimate of drug-likeness (QED) is 0.319. The maximum absolute atomic E-state index is 12.4. The molecule has 6 nitrogen and oxygen atoms in total. The van der Waals surface area contributed by atoms with Crippen LogP contribution in [0.2, 0.25) is 0 Å². The lowest BCUT2D eigenvalue weighted by Crippen LogP contribution is -2.13. The minimum Gasteiger partial charge on any atom is -0.502 e. The van der Waals surface area contributed by atoms with E-state index in [1.54, 1.807) is 12.1 Å². The summed E-state index contributed by atoms with van der Waals surface area (Å²) in [4.78, 5) is 25.4. The number of fused-ring (bicyclic) bond motifs is 1. The molecule has 1 N–H and O–H groups in total. The number of esters is 1. The standard InChI is InChI=1S/C24H20O6S/c1-28-22(26)13-19(21-7-4-10-29-21)24-23(27)20(25)12-17(30-24)14-31-18-9-8-15-5-2-3-6-16(15)11-18/h2-12,19,27H,13-14H2,1H3/t19-/m0/s1. The molecule has 0 bridgehead atoms. The van der Waals surface area contributed by atoms with E-state index in [0.717, 1.165) is 15.7 Å². The van der Waals surface area contributed by atoms with Gasteiger partial charge in [-0.25, -0.2) is 0 Å². The molecule has 158 valence electrons. The van der Waals surface area contributed by atoms with Crippen LogP contribution in [0.25, 0.3) is 10.8 Å². The van der Waals surface area contributed by atoms with Crippen molar-refractivity contribution in [2.75, 3.05) is 7.11 Å². The predicted octanol–water partition coefficient (Wildman–Crippen LogP) is 5.08. The van der Waals surface area contributed by atoms with Gasteiger partial charge >= 0.3 is 5.97 Å². The Labute approximate surface area is 182 Å². The van der Waals surface area contributed by atoms with E-state index >= 15 is 0 Å². The number of carbonyl (C=O) groups is 1. The van der Waals surface area contributed by atoms with Crippen LogP contribution >= 0.6 is 11.8 Å². The number of rotatable bonds is 7. The smallest absolute Gasteiger partial charge is 0.306 e. The predicted molar refractivity (Wildman–Crippen MR) is 117 cm³/mol. The van der Waals surface area contributed by atoms with Crippen molar-refractivity contribution in [3.05, 3.63) is 94.4 Å². The zero-order valence-corrected chi connectivity index (χ0v) is 17.6. The van der Waals surface area contributed by atoms with E-state index in [2.05, 4.69) is 6.07 Å². The van der Waals surface area contributed by atoms with Gasteiger partial charge in [0.15, 0.2) is 5.76 Å². The molecule has 0 radical (unpaired) electrons. The lowest BCUT2D eigenvalue weighted by molar-refractivity contribution is -0.141. The third-order valence-corrected chi connectivity index (χ3v) is 5.92. The molecular weight excluding hydrogens is 416 g/mol. The largest absolute Gasteiger partial charge is 0.502 e. The van der Waals surface area contributed by atoms with Crippen LogP contribution in [-0.2, 0) is 15.3 Å². The number of ether oxygens (including phenoxy) is 1. The number of furan rings is 1. The average molecular weight is 436 g/mol. The molecule has 31 heavy (non-hydrogen) atoms. The molecule has 0 aliphatic heterocycles. The number of carbonyl (C=O) groups excluding carboxylic acids is 1. The summed E-state index contributed by atoms with van der Waals surface area (Å²) in [6, 6.07) is 18.8. The number of thioether (sulfide) groups is 1. The summed E-state index contributed by atoms with van der Waals surface area (Å²) in [6.45, 7) is 0. The lowest BCUT2D eigenvalue weighted by atomic mass is 9.98. The lowest BCUT2D eigenvalue weighted by Gasteiger charge is -2.15. The number of hydrogen-bond acceptors (Lipinski definition) is 7. The second kappa shape index (κ2) is 9.14. The fraction of sp³-hybridized carbons (Fsp3) is 0.167. The average Bonchev–Trinajstić information content (AvgIpc) is 3.32. The van der Waals surface area contributed by atoms with E-state index in [9.17, 15) is 14.7 Å². The topological polar surface area (TPSA) is 89.9 Å². The van der Waals surface area contributed by atoms with Gasteiger partial charge in [-0.2, -0.15) is 0 Å². The van der Waals surface area contributed by atoms with Gasteiger partial charge in [-0.05, 0) is 35.0 Å². The normalized spacial score (nSPS) is 12.0. The highest BCUT2D eigenvalue weighted by Gasteiger charge is 2.28. The van der Waals surface area contributed by atoms with Crippen LogP contribution in [0, 0.1) is 0 Å². The Morgan fingerprint density at radius 1 is 1.10 bits per heavy atom. The van der Waals surface area contributed by atoms with Gasteiger partial charge in [-0.3, -0.25) is 9.59 Å². The number of aromatic hydroxyl groups is 1. The van der Waals surface area contributed by atoms with Crippen LogP contribution in [0.15, 0.2) is 85.5 Å². The van der Waals surface area contributed by atoms with Gasteiger partial charge in [-0.1, -0.05) is 30.3 Å². The SMILES string of the molecule is COC(=O)C[C@@H](c1ccco1)c1oc(CSc2ccc3ccccc3c2)cc(=O)c1O. The van der Waals surface area contributed by atoms with Crippen LogP contribution in [0.1, 0.15) is 29.6 Å². The summed E-state index contributed by atoms with van der Waals surface area (Å²) in [5.74, 6) is -0.684. The van der Waals surface area contributed by atoms with Crippen molar-refractivity contribution in [1.82, 2.24) is 0 Å². The summed E-state index contributed by atoms with van der Waals surface area (Å²) in [5, 5.41) is 12.6. The molecule has 2 aromatic heterocycles. The molecule has 4 rings (SSSR count). The van der Waals surface area contributed by atoms with Gasteiger partial charge in [0.25, 0.3) is 0 Å². The minimum atomic E-state index is -0.777. The van der Waals surface area contributed by atoms with E-state index < -0.39 is 23.1 Å². The van der Waals surface area contributed by atoms with Crippen LogP contribution in [0.4, 0.5) is 0 Å². The van der Waals surface area contributed by atoms with Gasteiger partial charge in [0.2, 0.25) is 11.2 Å². The van der Waals surface area contributed by atoms with E-state index in [-0.39, 0.29) is 12.2 Å². The van der Waals surface area contributed by atoms with Gasteiger partial charge in [0.05, 0.1) is 31.5 Å². The van der Waals surface area contributed by atoms with Crippen molar-refractivity contribution < 1.29 is 23.5 Å². The fourth-order valence-electron chi connectivity index (χ4n) is 3.34. The Balaban J connectivity index is 1.63. The molecule has 2 heterocycles. The summed E-state index contributed by atoms with van der Waals surface area (Å²) in [5.41, 5.74) is -0.572. The number of hydrogen-bond donors (Lipinski definition) is 1. The van der Waals surface area contributed by atoms with Gasteiger partial charge in [0, 0.05) is 11.0 Å². The molecule has 1 atom stereocenters. The van der Waals surface area contributed by atoms with E-state index in [1.807, 2.05) is 36.4 Å². The third-order valence-electron chi connectivity index (χ3n) is 4.90. The number of benzene rings is 2. The van der Waals surface area contributed by atoms with Crippen molar-refractivity contribution in [3.63, 3.8) is 0 Å².